The number of β-amino-alcohol motifs (C(OH)–C–C–N with tert-alkyl or cyclic N) is 1. The second-order valence-corrected chi connectivity index (χ2v) is 7.82. The molecule has 1 aromatic rings. The molecule has 0 radical (unpaired) electrons. The molecule has 0 unspecified atom stereocenters. The molecule has 2 aliphatic rings. The number of aromatic nitrogens is 3. The summed E-state index contributed by atoms with van der Waals surface area (Å²) in [7, 11) is 0. The highest BCUT2D eigenvalue weighted by Crippen LogP contribution is 2.20. The van der Waals surface area contributed by atoms with E-state index in [0.29, 0.717) is 6.04 Å². The fourth-order valence-corrected chi connectivity index (χ4v) is 4.15. The molecule has 3 heterocycles. The van der Waals surface area contributed by atoms with Gasteiger partial charge in [-0.15, -0.1) is 0 Å². The summed E-state index contributed by atoms with van der Waals surface area (Å²) in [5.41, 5.74) is 0. The Kier molecular flexibility index (Phi) is 5.89. The van der Waals surface area contributed by atoms with E-state index in [-0.39, 0.29) is 6.10 Å². The first-order valence-corrected chi connectivity index (χ1v) is 9.54. The maximum atomic E-state index is 10.6. The lowest BCUT2D eigenvalue weighted by Crippen LogP contribution is -2.45. The van der Waals surface area contributed by atoms with E-state index in [0.717, 1.165) is 56.8 Å². The van der Waals surface area contributed by atoms with E-state index in [1.165, 1.54) is 25.7 Å². The van der Waals surface area contributed by atoms with E-state index < -0.39 is 0 Å². The van der Waals surface area contributed by atoms with Crippen LogP contribution in [-0.2, 0) is 6.54 Å². The van der Waals surface area contributed by atoms with Gasteiger partial charge in [0.2, 0.25) is 0 Å². The molecule has 2 atom stereocenters. The van der Waals surface area contributed by atoms with E-state index in [2.05, 4.69) is 26.8 Å². The van der Waals surface area contributed by atoms with Crippen molar-refractivity contribution in [3.63, 3.8) is 0 Å². The second kappa shape index (κ2) is 7.93. The molecule has 3 rings (SSSR count). The molecule has 24 heavy (non-hydrogen) atoms. The van der Waals surface area contributed by atoms with Gasteiger partial charge in [0, 0.05) is 19.1 Å². The molecule has 0 aromatic carbocycles. The number of aliphatic hydroxyl groups excluding tert-OH is 1. The minimum Gasteiger partial charge on any atom is -0.390 e. The van der Waals surface area contributed by atoms with Gasteiger partial charge in [-0.25, -0.2) is 9.67 Å². The smallest absolute Gasteiger partial charge is 0.147 e. The zero-order chi connectivity index (χ0) is 17.1. The maximum Gasteiger partial charge on any atom is 0.147 e. The Balaban J connectivity index is 1.49. The lowest BCUT2D eigenvalue weighted by Gasteiger charge is -2.33. The Morgan fingerprint density at radius 3 is 2.54 bits per heavy atom. The van der Waals surface area contributed by atoms with Crippen molar-refractivity contribution in [2.45, 2.75) is 65.1 Å². The van der Waals surface area contributed by atoms with Crippen molar-refractivity contribution in [2.75, 3.05) is 32.7 Å². The molecule has 1 aromatic heterocycles. The first kappa shape index (κ1) is 17.8. The molecule has 0 aliphatic carbocycles. The maximum absolute atomic E-state index is 10.6. The Labute approximate surface area is 145 Å². The van der Waals surface area contributed by atoms with Gasteiger partial charge in [0.05, 0.1) is 12.6 Å². The Hall–Kier alpha value is -0.980. The number of rotatable bonds is 6. The van der Waals surface area contributed by atoms with Crippen LogP contribution in [0.3, 0.4) is 0 Å². The predicted molar refractivity (Wildman–Crippen MR) is 94.9 cm³/mol. The third-order valence-electron chi connectivity index (χ3n) is 5.64. The summed E-state index contributed by atoms with van der Waals surface area (Å²) >= 11 is 0. The van der Waals surface area contributed by atoms with Crippen molar-refractivity contribution in [2.24, 2.45) is 5.92 Å². The summed E-state index contributed by atoms with van der Waals surface area (Å²) in [6.07, 6.45) is 4.68. The van der Waals surface area contributed by atoms with E-state index in [1.54, 1.807) is 0 Å². The monoisotopic (exact) mass is 335 g/mol. The van der Waals surface area contributed by atoms with Crippen LogP contribution in [0.1, 0.15) is 44.3 Å². The highest BCUT2D eigenvalue weighted by atomic mass is 16.3. The third kappa shape index (κ3) is 4.55. The van der Waals surface area contributed by atoms with Crippen molar-refractivity contribution in [1.82, 2.24) is 24.6 Å². The normalized spacial score (nSPS) is 25.4. The molecule has 0 bridgehead atoms. The van der Waals surface area contributed by atoms with E-state index >= 15 is 0 Å². The quantitative estimate of drug-likeness (QED) is 0.853. The van der Waals surface area contributed by atoms with Crippen molar-refractivity contribution in [1.29, 1.82) is 0 Å². The Morgan fingerprint density at radius 2 is 1.88 bits per heavy atom. The first-order valence-electron chi connectivity index (χ1n) is 9.54. The summed E-state index contributed by atoms with van der Waals surface area (Å²) in [5, 5.41) is 15.0. The zero-order valence-corrected chi connectivity index (χ0v) is 15.5. The van der Waals surface area contributed by atoms with Crippen LogP contribution in [0.15, 0.2) is 0 Å². The zero-order valence-electron chi connectivity index (χ0n) is 15.5. The molecule has 0 saturated carbocycles. The van der Waals surface area contributed by atoms with Crippen LogP contribution in [-0.4, -0.2) is 74.5 Å². The number of likely N-dealkylation sites (tertiary alicyclic amines) is 2. The fourth-order valence-electron chi connectivity index (χ4n) is 4.15. The third-order valence-corrected chi connectivity index (χ3v) is 5.64. The van der Waals surface area contributed by atoms with Crippen LogP contribution in [0.25, 0.3) is 0 Å². The molecule has 0 spiro atoms. The summed E-state index contributed by atoms with van der Waals surface area (Å²) in [4.78, 5) is 9.28. The van der Waals surface area contributed by atoms with Gasteiger partial charge in [-0.1, -0.05) is 6.92 Å². The SMILES string of the molecule is Cc1nc(C)n(C[C@H]2CCCN2C[C@@H](O)CN2CCC(C)CC2)n1. The van der Waals surface area contributed by atoms with Crippen LogP contribution >= 0.6 is 0 Å². The Bertz CT molecular complexity index is 523. The highest BCUT2D eigenvalue weighted by Gasteiger charge is 2.28. The number of hydrogen-bond donors (Lipinski definition) is 1. The molecule has 6 nitrogen and oxygen atoms in total. The van der Waals surface area contributed by atoms with Crippen molar-refractivity contribution in [3.05, 3.63) is 11.6 Å². The molecule has 136 valence electrons. The van der Waals surface area contributed by atoms with Gasteiger partial charge in [-0.2, -0.15) is 5.10 Å². The molecule has 1 N–H and O–H groups in total. The van der Waals surface area contributed by atoms with Gasteiger partial charge in [0.1, 0.15) is 11.6 Å². The molecule has 6 heteroatoms. The minimum absolute atomic E-state index is 0.252. The predicted octanol–water partition coefficient (Wildman–Crippen LogP) is 1.45. The number of aryl methyl sites for hydroxylation is 2. The number of aliphatic hydroxyl groups is 1. The molecular weight excluding hydrogens is 302 g/mol. The van der Waals surface area contributed by atoms with Gasteiger partial charge >= 0.3 is 0 Å². The van der Waals surface area contributed by atoms with Crippen molar-refractivity contribution >= 4 is 0 Å². The van der Waals surface area contributed by atoms with Crippen LogP contribution < -0.4 is 0 Å². The second-order valence-electron chi connectivity index (χ2n) is 7.82. The van der Waals surface area contributed by atoms with Crippen LogP contribution in [0.5, 0.6) is 0 Å². The van der Waals surface area contributed by atoms with E-state index in [9.17, 15) is 5.11 Å². The minimum atomic E-state index is -0.252. The lowest BCUT2D eigenvalue weighted by atomic mass is 9.99. The summed E-state index contributed by atoms with van der Waals surface area (Å²) < 4.78 is 2.02. The van der Waals surface area contributed by atoms with Gasteiger partial charge in [-0.05, 0) is 65.1 Å². The van der Waals surface area contributed by atoms with E-state index in [1.807, 2.05) is 18.5 Å². The first-order chi connectivity index (χ1) is 11.5. The molecular formula is C18H33N5O. The molecule has 0 amide bonds. The van der Waals surface area contributed by atoms with Crippen LogP contribution in [0.2, 0.25) is 0 Å². The standard InChI is InChI=1S/C18H33N5O/c1-14-6-9-21(10-7-14)12-18(24)13-22-8-4-5-17(22)11-23-16(3)19-15(2)20-23/h14,17-18,24H,4-13H2,1-3H3/t17-,18+/m1/s1. The summed E-state index contributed by atoms with van der Waals surface area (Å²) in [5.74, 6) is 2.68. The average Bonchev–Trinajstić information content (AvgIpc) is 3.08. The van der Waals surface area contributed by atoms with Crippen molar-refractivity contribution < 1.29 is 5.11 Å². The molecule has 2 aliphatic heterocycles. The highest BCUT2D eigenvalue weighted by molar-refractivity contribution is 4.90. The average molecular weight is 335 g/mol. The number of hydrogen-bond acceptors (Lipinski definition) is 5. The van der Waals surface area contributed by atoms with Crippen LogP contribution in [0.4, 0.5) is 0 Å². The summed E-state index contributed by atoms with van der Waals surface area (Å²) in [6.45, 7) is 12.1. The molecule has 2 fully saturated rings. The summed E-state index contributed by atoms with van der Waals surface area (Å²) in [6, 6.07) is 0.473. The largest absolute Gasteiger partial charge is 0.390 e. The fraction of sp³-hybridized carbons (Fsp3) is 0.889. The lowest BCUT2D eigenvalue weighted by molar-refractivity contribution is 0.0552. The Morgan fingerprint density at radius 1 is 1.12 bits per heavy atom. The van der Waals surface area contributed by atoms with Gasteiger partial charge < -0.3 is 10.0 Å². The number of nitrogens with zero attached hydrogens (tertiary/aromatic N) is 5. The van der Waals surface area contributed by atoms with Gasteiger partial charge in [0.15, 0.2) is 0 Å². The molecule has 2 saturated heterocycles. The van der Waals surface area contributed by atoms with Gasteiger partial charge in [-0.3, -0.25) is 4.90 Å². The number of piperidine rings is 1. The topological polar surface area (TPSA) is 57.4 Å². The van der Waals surface area contributed by atoms with Crippen LogP contribution in [0, 0.1) is 19.8 Å². The van der Waals surface area contributed by atoms with E-state index in [4.69, 9.17) is 0 Å². The van der Waals surface area contributed by atoms with Gasteiger partial charge in [0.25, 0.3) is 0 Å². The van der Waals surface area contributed by atoms with Crippen molar-refractivity contribution in [3.8, 4) is 0 Å².